The summed E-state index contributed by atoms with van der Waals surface area (Å²) in [7, 11) is 0. The molecule has 0 saturated heterocycles. The monoisotopic (exact) mass is 248 g/mol. The number of halogens is 1. The fourth-order valence-corrected chi connectivity index (χ4v) is 1.76. The number of nitrogens with two attached hydrogens (primary N) is 1. The maximum absolute atomic E-state index is 13.0. The molecule has 2 N–H and O–H groups in total. The summed E-state index contributed by atoms with van der Waals surface area (Å²) in [4.78, 5) is 0. The lowest BCUT2D eigenvalue weighted by atomic mass is 10.0. The first-order chi connectivity index (χ1) is 8.49. The van der Waals surface area contributed by atoms with Crippen molar-refractivity contribution in [1.82, 2.24) is 15.0 Å². The van der Waals surface area contributed by atoms with Crippen LogP contribution >= 0.6 is 0 Å². The summed E-state index contributed by atoms with van der Waals surface area (Å²) < 4.78 is 14.7. The molecule has 2 aromatic rings. The van der Waals surface area contributed by atoms with Crippen LogP contribution in [-0.4, -0.2) is 15.0 Å². The van der Waals surface area contributed by atoms with Crippen molar-refractivity contribution in [2.75, 3.05) is 0 Å². The first-order valence-corrected chi connectivity index (χ1v) is 5.93. The van der Waals surface area contributed by atoms with E-state index < -0.39 is 0 Å². The van der Waals surface area contributed by atoms with E-state index in [4.69, 9.17) is 5.73 Å². The van der Waals surface area contributed by atoms with Crippen LogP contribution in [0.3, 0.4) is 0 Å². The Hall–Kier alpha value is -1.75. The second-order valence-corrected chi connectivity index (χ2v) is 4.79. The third kappa shape index (κ3) is 2.41. The average molecular weight is 248 g/mol. The first-order valence-electron chi connectivity index (χ1n) is 5.93. The van der Waals surface area contributed by atoms with Crippen molar-refractivity contribution in [2.45, 2.75) is 26.8 Å². The van der Waals surface area contributed by atoms with Crippen molar-refractivity contribution >= 4 is 0 Å². The molecule has 1 unspecified atom stereocenters. The molecule has 0 saturated carbocycles. The van der Waals surface area contributed by atoms with Crippen LogP contribution in [0.15, 0.2) is 24.4 Å². The Morgan fingerprint density at radius 2 is 2.06 bits per heavy atom. The quantitative estimate of drug-likeness (QED) is 0.907. The van der Waals surface area contributed by atoms with Gasteiger partial charge in [-0.2, -0.15) is 0 Å². The molecule has 18 heavy (non-hydrogen) atoms. The van der Waals surface area contributed by atoms with Gasteiger partial charge in [0.2, 0.25) is 0 Å². The fraction of sp³-hybridized carbons (Fsp3) is 0.385. The Bertz CT molecular complexity index is 548. The number of benzene rings is 1. The van der Waals surface area contributed by atoms with Gasteiger partial charge in [0.15, 0.2) is 0 Å². The van der Waals surface area contributed by atoms with Crippen LogP contribution in [0.2, 0.25) is 0 Å². The third-order valence-corrected chi connectivity index (χ3v) is 2.98. The molecular formula is C13H17FN4. The van der Waals surface area contributed by atoms with E-state index in [9.17, 15) is 4.39 Å². The molecule has 5 heteroatoms. The van der Waals surface area contributed by atoms with E-state index in [0.29, 0.717) is 5.92 Å². The molecule has 0 bridgehead atoms. The molecule has 0 amide bonds. The number of hydrogen-bond acceptors (Lipinski definition) is 3. The van der Waals surface area contributed by atoms with Gasteiger partial charge >= 0.3 is 0 Å². The summed E-state index contributed by atoms with van der Waals surface area (Å²) in [5.74, 6) is 0.0416. The van der Waals surface area contributed by atoms with E-state index >= 15 is 0 Å². The second kappa shape index (κ2) is 4.86. The standard InChI is InChI=1S/C13H17FN4/c1-8(2)13(15)11-7-18(17-16-11)12-5-4-10(14)6-9(12)3/h4-8,13H,15H2,1-3H3. The maximum Gasteiger partial charge on any atom is 0.123 e. The van der Waals surface area contributed by atoms with E-state index in [0.717, 1.165) is 16.9 Å². The predicted octanol–water partition coefficient (Wildman–Crippen LogP) is 2.37. The highest BCUT2D eigenvalue weighted by Gasteiger charge is 2.15. The molecule has 0 aliphatic rings. The van der Waals surface area contributed by atoms with E-state index in [2.05, 4.69) is 10.3 Å². The van der Waals surface area contributed by atoms with Crippen LogP contribution in [0.1, 0.15) is 31.1 Å². The number of nitrogens with zero attached hydrogens (tertiary/aromatic N) is 3. The van der Waals surface area contributed by atoms with Crippen molar-refractivity contribution in [3.8, 4) is 5.69 Å². The van der Waals surface area contributed by atoms with Gasteiger partial charge in [0.05, 0.1) is 17.9 Å². The van der Waals surface area contributed by atoms with Crippen molar-refractivity contribution in [3.05, 3.63) is 41.5 Å². The van der Waals surface area contributed by atoms with Gasteiger partial charge in [-0.05, 0) is 36.6 Å². The molecule has 1 atom stereocenters. The zero-order valence-electron chi connectivity index (χ0n) is 10.8. The average Bonchev–Trinajstić information content (AvgIpc) is 2.77. The van der Waals surface area contributed by atoms with Crippen LogP contribution < -0.4 is 5.73 Å². The van der Waals surface area contributed by atoms with E-state index in [1.807, 2.05) is 20.8 Å². The fourth-order valence-electron chi connectivity index (χ4n) is 1.76. The van der Waals surface area contributed by atoms with Crippen molar-refractivity contribution < 1.29 is 4.39 Å². The molecule has 0 radical (unpaired) electrons. The SMILES string of the molecule is Cc1cc(F)ccc1-n1cc(C(N)C(C)C)nn1. The normalized spacial score (nSPS) is 13.0. The molecule has 0 aliphatic carbocycles. The third-order valence-electron chi connectivity index (χ3n) is 2.98. The summed E-state index contributed by atoms with van der Waals surface area (Å²) in [6, 6.07) is 4.43. The van der Waals surface area contributed by atoms with E-state index in [-0.39, 0.29) is 11.9 Å². The van der Waals surface area contributed by atoms with Crippen molar-refractivity contribution in [2.24, 2.45) is 11.7 Å². The zero-order valence-corrected chi connectivity index (χ0v) is 10.8. The molecule has 0 aliphatic heterocycles. The summed E-state index contributed by atoms with van der Waals surface area (Å²) in [6.45, 7) is 5.90. The van der Waals surface area contributed by atoms with Crippen LogP contribution in [0.4, 0.5) is 4.39 Å². The van der Waals surface area contributed by atoms with Gasteiger partial charge in [0.1, 0.15) is 11.5 Å². The molecule has 1 aromatic carbocycles. The molecule has 0 fully saturated rings. The minimum Gasteiger partial charge on any atom is -0.322 e. The highest BCUT2D eigenvalue weighted by atomic mass is 19.1. The van der Waals surface area contributed by atoms with E-state index in [1.165, 1.54) is 12.1 Å². The van der Waals surface area contributed by atoms with Crippen LogP contribution in [-0.2, 0) is 0 Å². The van der Waals surface area contributed by atoms with Crippen molar-refractivity contribution in [1.29, 1.82) is 0 Å². The number of aromatic nitrogens is 3. The smallest absolute Gasteiger partial charge is 0.123 e. The van der Waals surface area contributed by atoms with Gasteiger partial charge in [-0.1, -0.05) is 19.1 Å². The van der Waals surface area contributed by atoms with Gasteiger partial charge in [0.25, 0.3) is 0 Å². The first kappa shape index (κ1) is 12.7. The molecular weight excluding hydrogens is 231 g/mol. The van der Waals surface area contributed by atoms with Crippen LogP contribution in [0.25, 0.3) is 5.69 Å². The molecule has 1 heterocycles. The summed E-state index contributed by atoms with van der Waals surface area (Å²) >= 11 is 0. The number of rotatable bonds is 3. The highest BCUT2D eigenvalue weighted by molar-refractivity contribution is 5.39. The summed E-state index contributed by atoms with van der Waals surface area (Å²) in [5.41, 5.74) is 8.38. The predicted molar refractivity (Wildman–Crippen MR) is 67.8 cm³/mol. The second-order valence-electron chi connectivity index (χ2n) is 4.79. The summed E-state index contributed by atoms with van der Waals surface area (Å²) in [6.07, 6.45) is 1.80. The van der Waals surface area contributed by atoms with Crippen LogP contribution in [0, 0.1) is 18.7 Å². The molecule has 96 valence electrons. The molecule has 0 spiro atoms. The van der Waals surface area contributed by atoms with Gasteiger partial charge in [-0.15, -0.1) is 5.10 Å². The Labute approximate surface area is 106 Å². The van der Waals surface area contributed by atoms with Gasteiger partial charge in [0, 0.05) is 0 Å². The number of hydrogen-bond donors (Lipinski definition) is 1. The summed E-state index contributed by atoms with van der Waals surface area (Å²) in [5, 5.41) is 8.12. The molecule has 1 aromatic heterocycles. The zero-order chi connectivity index (χ0) is 13.3. The Morgan fingerprint density at radius 1 is 1.33 bits per heavy atom. The Kier molecular flexibility index (Phi) is 3.43. The molecule has 2 rings (SSSR count). The molecule has 4 nitrogen and oxygen atoms in total. The van der Waals surface area contributed by atoms with Gasteiger partial charge < -0.3 is 5.73 Å². The Morgan fingerprint density at radius 3 is 2.67 bits per heavy atom. The maximum atomic E-state index is 13.0. The minimum atomic E-state index is -0.254. The Balaban J connectivity index is 2.35. The van der Waals surface area contributed by atoms with Crippen molar-refractivity contribution in [3.63, 3.8) is 0 Å². The van der Waals surface area contributed by atoms with Gasteiger partial charge in [-0.25, -0.2) is 9.07 Å². The topological polar surface area (TPSA) is 56.7 Å². The number of aryl methyl sites for hydroxylation is 1. The van der Waals surface area contributed by atoms with E-state index in [1.54, 1.807) is 16.9 Å². The lowest BCUT2D eigenvalue weighted by Crippen LogP contribution is -2.17. The van der Waals surface area contributed by atoms with Gasteiger partial charge in [-0.3, -0.25) is 0 Å². The largest absolute Gasteiger partial charge is 0.322 e. The lowest BCUT2D eigenvalue weighted by Gasteiger charge is -2.11. The highest BCUT2D eigenvalue weighted by Crippen LogP contribution is 2.19. The van der Waals surface area contributed by atoms with Crippen LogP contribution in [0.5, 0.6) is 0 Å². The lowest BCUT2D eigenvalue weighted by molar-refractivity contribution is 0.502. The minimum absolute atomic E-state index is 0.139.